The highest BCUT2D eigenvalue weighted by atomic mass is 16.7. The highest BCUT2D eigenvalue weighted by Crippen LogP contribution is 2.55. The molecule has 3 fully saturated rings. The Labute approximate surface area is 146 Å². The van der Waals surface area contributed by atoms with Crippen LogP contribution in [0.25, 0.3) is 0 Å². The summed E-state index contributed by atoms with van der Waals surface area (Å²) in [5.41, 5.74) is 3.96. The molecule has 24 heavy (non-hydrogen) atoms. The predicted octanol–water partition coefficient (Wildman–Crippen LogP) is 4.38. The maximum absolute atomic E-state index is 6.29. The molecule has 5 aliphatic rings. The Morgan fingerprint density at radius 3 is 1.92 bits per heavy atom. The molecule has 0 radical (unpaired) electrons. The van der Waals surface area contributed by atoms with Gasteiger partial charge in [-0.25, -0.2) is 0 Å². The van der Waals surface area contributed by atoms with Crippen molar-refractivity contribution in [3.8, 4) is 0 Å². The van der Waals surface area contributed by atoms with Gasteiger partial charge in [-0.15, -0.1) is 0 Å². The van der Waals surface area contributed by atoms with Crippen LogP contribution < -0.4 is 5.46 Å². The molecule has 2 nitrogen and oxygen atoms in total. The molecule has 2 saturated carbocycles. The van der Waals surface area contributed by atoms with Gasteiger partial charge in [-0.1, -0.05) is 18.2 Å². The van der Waals surface area contributed by atoms with Crippen LogP contribution in [0.5, 0.6) is 0 Å². The van der Waals surface area contributed by atoms with Gasteiger partial charge in [0, 0.05) is 0 Å². The molecule has 2 atom stereocenters. The van der Waals surface area contributed by atoms with Crippen LogP contribution in [0.4, 0.5) is 0 Å². The molecule has 1 aromatic rings. The van der Waals surface area contributed by atoms with Crippen LogP contribution in [0.2, 0.25) is 0 Å². The van der Waals surface area contributed by atoms with Gasteiger partial charge in [0.25, 0.3) is 0 Å². The van der Waals surface area contributed by atoms with Crippen molar-refractivity contribution in [3.63, 3.8) is 0 Å². The van der Waals surface area contributed by atoms with Gasteiger partial charge in [0.2, 0.25) is 0 Å². The van der Waals surface area contributed by atoms with Gasteiger partial charge < -0.3 is 9.31 Å². The van der Waals surface area contributed by atoms with E-state index in [0.717, 1.165) is 23.7 Å². The maximum Gasteiger partial charge on any atom is 0.494 e. The highest BCUT2D eigenvalue weighted by Gasteiger charge is 2.52. The Bertz CT molecular complexity index is 650. The summed E-state index contributed by atoms with van der Waals surface area (Å²) in [6.07, 6.45) is 7.16. The fourth-order valence-corrected chi connectivity index (χ4v) is 5.80. The van der Waals surface area contributed by atoms with Crippen molar-refractivity contribution < 1.29 is 9.31 Å². The first kappa shape index (κ1) is 15.5. The van der Waals surface area contributed by atoms with E-state index >= 15 is 0 Å². The van der Waals surface area contributed by atoms with Crippen molar-refractivity contribution in [2.75, 3.05) is 0 Å². The molecule has 0 spiro atoms. The molecule has 1 aliphatic heterocycles. The van der Waals surface area contributed by atoms with E-state index < -0.39 is 0 Å². The smallest absolute Gasteiger partial charge is 0.399 e. The first-order chi connectivity index (χ1) is 11.3. The maximum atomic E-state index is 6.29. The van der Waals surface area contributed by atoms with Crippen molar-refractivity contribution in [2.45, 2.75) is 82.8 Å². The van der Waals surface area contributed by atoms with Crippen LogP contribution in [-0.4, -0.2) is 18.3 Å². The average molecular weight is 324 g/mol. The molecule has 1 heterocycles. The van der Waals surface area contributed by atoms with Gasteiger partial charge in [0.15, 0.2) is 0 Å². The summed E-state index contributed by atoms with van der Waals surface area (Å²) in [5, 5.41) is 0. The van der Waals surface area contributed by atoms with E-state index in [1.165, 1.54) is 37.6 Å². The molecular formula is C21H29BO2. The van der Waals surface area contributed by atoms with Gasteiger partial charge in [0.05, 0.1) is 11.2 Å². The average Bonchev–Trinajstić information content (AvgIpc) is 2.61. The molecule has 1 saturated heterocycles. The van der Waals surface area contributed by atoms with Crippen molar-refractivity contribution in [1.82, 2.24) is 0 Å². The second kappa shape index (κ2) is 4.89. The summed E-state index contributed by atoms with van der Waals surface area (Å²) in [4.78, 5) is 0. The minimum atomic E-state index is -0.262. The van der Waals surface area contributed by atoms with Crippen LogP contribution in [0.1, 0.15) is 82.8 Å². The SMILES string of the molecule is CC1(C)OB(c2ccc3c(c2)C2CC4CC(CC3C4)C2)OC1(C)C. The van der Waals surface area contributed by atoms with Crippen molar-refractivity contribution in [1.29, 1.82) is 0 Å². The normalized spacial score (nSPS) is 38.2. The third-order valence-electron chi connectivity index (χ3n) is 7.65. The minimum Gasteiger partial charge on any atom is -0.399 e. The van der Waals surface area contributed by atoms with E-state index in [1.54, 1.807) is 11.1 Å². The van der Waals surface area contributed by atoms with Crippen LogP contribution in [0.15, 0.2) is 18.2 Å². The number of rotatable bonds is 1. The summed E-state index contributed by atoms with van der Waals surface area (Å²) >= 11 is 0. The lowest BCUT2D eigenvalue weighted by molar-refractivity contribution is 0.00578. The topological polar surface area (TPSA) is 18.5 Å². The number of hydrogen-bond donors (Lipinski definition) is 0. The van der Waals surface area contributed by atoms with Crippen LogP contribution in [0, 0.1) is 11.8 Å². The zero-order chi connectivity index (χ0) is 16.7. The molecule has 3 heteroatoms. The quantitative estimate of drug-likeness (QED) is 0.714. The zero-order valence-electron chi connectivity index (χ0n) is 15.5. The van der Waals surface area contributed by atoms with E-state index in [0.29, 0.717) is 0 Å². The van der Waals surface area contributed by atoms with Crippen LogP contribution in [0.3, 0.4) is 0 Å². The van der Waals surface area contributed by atoms with Crippen molar-refractivity contribution in [3.05, 3.63) is 29.3 Å². The fourth-order valence-electron chi connectivity index (χ4n) is 5.80. The summed E-state index contributed by atoms with van der Waals surface area (Å²) < 4.78 is 12.6. The standard InChI is InChI=1S/C21H29BO2/c1-20(2)21(3,4)24-22(23-20)17-5-6-18-15-8-13-7-14(9-15)11-16(10-13)19(18)12-17/h5-6,12-16H,7-11H2,1-4H3. The third-order valence-corrected chi connectivity index (χ3v) is 7.65. The van der Waals surface area contributed by atoms with E-state index in [9.17, 15) is 0 Å². The Hall–Kier alpha value is -0.795. The lowest BCUT2D eigenvalue weighted by atomic mass is 9.67. The Morgan fingerprint density at radius 2 is 1.33 bits per heavy atom. The van der Waals surface area contributed by atoms with Crippen LogP contribution in [-0.2, 0) is 9.31 Å². The molecule has 4 aliphatic carbocycles. The Kier molecular flexibility index (Phi) is 3.15. The molecule has 0 amide bonds. The summed E-state index contributed by atoms with van der Waals surface area (Å²) in [5.74, 6) is 3.53. The third kappa shape index (κ3) is 2.17. The molecule has 6 rings (SSSR count). The van der Waals surface area contributed by atoms with E-state index in [-0.39, 0.29) is 18.3 Å². The zero-order valence-corrected chi connectivity index (χ0v) is 15.5. The Morgan fingerprint density at radius 1 is 0.792 bits per heavy atom. The first-order valence-corrected chi connectivity index (χ1v) is 9.82. The van der Waals surface area contributed by atoms with E-state index in [2.05, 4.69) is 45.9 Å². The molecular weight excluding hydrogens is 295 g/mol. The largest absolute Gasteiger partial charge is 0.494 e. The van der Waals surface area contributed by atoms with Gasteiger partial charge >= 0.3 is 7.12 Å². The second-order valence-electron chi connectivity index (χ2n) is 9.78. The summed E-state index contributed by atoms with van der Waals surface area (Å²) in [7, 11) is -0.224. The van der Waals surface area contributed by atoms with Gasteiger partial charge in [0.1, 0.15) is 0 Å². The number of hydrogen-bond acceptors (Lipinski definition) is 2. The fraction of sp³-hybridized carbons (Fsp3) is 0.714. The van der Waals surface area contributed by atoms with E-state index in [4.69, 9.17) is 9.31 Å². The van der Waals surface area contributed by atoms with E-state index in [1.807, 2.05) is 0 Å². The summed E-state index contributed by atoms with van der Waals surface area (Å²) in [6, 6.07) is 7.11. The van der Waals surface area contributed by atoms with Crippen molar-refractivity contribution >= 4 is 12.6 Å². The van der Waals surface area contributed by atoms with Crippen molar-refractivity contribution in [2.24, 2.45) is 11.8 Å². The molecule has 2 unspecified atom stereocenters. The molecule has 128 valence electrons. The lowest BCUT2D eigenvalue weighted by Crippen LogP contribution is -2.41. The molecule has 1 aromatic carbocycles. The van der Waals surface area contributed by atoms with Gasteiger partial charge in [-0.05, 0) is 100 Å². The van der Waals surface area contributed by atoms with Gasteiger partial charge in [-0.2, -0.15) is 0 Å². The highest BCUT2D eigenvalue weighted by molar-refractivity contribution is 6.62. The minimum absolute atomic E-state index is 0.224. The first-order valence-electron chi connectivity index (χ1n) is 9.82. The van der Waals surface area contributed by atoms with Gasteiger partial charge in [-0.3, -0.25) is 0 Å². The molecule has 4 bridgehead atoms. The Balaban J connectivity index is 1.52. The van der Waals surface area contributed by atoms with Crippen LogP contribution >= 0.6 is 0 Å². The second-order valence-corrected chi connectivity index (χ2v) is 9.78. The predicted molar refractivity (Wildman–Crippen MR) is 97.7 cm³/mol. The molecule has 0 aromatic heterocycles. The monoisotopic (exact) mass is 324 g/mol. The number of benzene rings is 1. The summed E-state index contributed by atoms with van der Waals surface area (Å²) in [6.45, 7) is 8.54. The lowest BCUT2D eigenvalue weighted by Gasteiger charge is -2.38. The molecule has 0 N–H and O–H groups in total.